The van der Waals surface area contributed by atoms with Gasteiger partial charge in [0.1, 0.15) is 0 Å². The van der Waals surface area contributed by atoms with Crippen LogP contribution in [0, 0.1) is 0 Å². The maximum Gasteiger partial charge on any atom is 0.244 e. The Morgan fingerprint density at radius 3 is 1.50 bits per heavy atom. The van der Waals surface area contributed by atoms with Crippen molar-refractivity contribution in [2.75, 3.05) is 0 Å². The van der Waals surface area contributed by atoms with Gasteiger partial charge in [0.25, 0.3) is 0 Å². The van der Waals surface area contributed by atoms with Crippen LogP contribution >= 0.6 is 0 Å². The van der Waals surface area contributed by atoms with E-state index < -0.39 is 8.32 Å². The van der Waals surface area contributed by atoms with Crippen molar-refractivity contribution in [1.82, 2.24) is 0 Å². The molecule has 0 heterocycles. The lowest BCUT2D eigenvalue weighted by Gasteiger charge is -2.24. The van der Waals surface area contributed by atoms with E-state index in [9.17, 15) is 4.79 Å². The van der Waals surface area contributed by atoms with E-state index in [-0.39, 0.29) is 5.78 Å². The molecule has 0 aliphatic rings. The van der Waals surface area contributed by atoms with Gasteiger partial charge in [0.15, 0.2) is 5.78 Å². The summed E-state index contributed by atoms with van der Waals surface area (Å²) in [4.78, 5) is 11.1. The maximum atomic E-state index is 11.1. The number of carbonyl (C=O) groups excluding carboxylic acids is 1. The average Bonchev–Trinajstić information content (AvgIpc) is 2.53. The van der Waals surface area contributed by atoms with Crippen molar-refractivity contribution in [2.24, 2.45) is 0 Å². The zero-order valence-electron chi connectivity index (χ0n) is 18.5. The number of ketones is 1. The Bertz CT molecular complexity index is 374. The van der Waals surface area contributed by atoms with E-state index >= 15 is 0 Å². The molecule has 0 rings (SSSR count). The molecule has 0 amide bonds. The van der Waals surface area contributed by atoms with Gasteiger partial charge in [-0.05, 0) is 33.0 Å². The first-order chi connectivity index (χ1) is 12.4. The number of hydrogen-bond acceptors (Lipinski definition) is 2. The van der Waals surface area contributed by atoms with Crippen LogP contribution in [0.4, 0.5) is 0 Å². The third-order valence-electron chi connectivity index (χ3n) is 4.98. The molecule has 0 N–H and O–H groups in total. The first-order valence-corrected chi connectivity index (χ1v) is 14.4. The summed E-state index contributed by atoms with van der Waals surface area (Å²) in [5.74, 6) is 0.864. The summed E-state index contributed by atoms with van der Waals surface area (Å²) in [6.45, 7) is 10.3. The zero-order valence-corrected chi connectivity index (χ0v) is 19.5. The van der Waals surface area contributed by atoms with Gasteiger partial charge in [-0.25, -0.2) is 0 Å². The van der Waals surface area contributed by atoms with Gasteiger partial charge in [-0.15, -0.1) is 0 Å². The fraction of sp³-hybridized carbons (Fsp3) is 0.870. The summed E-state index contributed by atoms with van der Waals surface area (Å²) in [6, 6.07) is 1.19. The Balaban J connectivity index is 3.43. The Morgan fingerprint density at radius 1 is 0.731 bits per heavy atom. The first kappa shape index (κ1) is 25.4. The van der Waals surface area contributed by atoms with Gasteiger partial charge in [0.05, 0.1) is 5.76 Å². The van der Waals surface area contributed by atoms with E-state index in [1.165, 1.54) is 95.9 Å². The molecule has 26 heavy (non-hydrogen) atoms. The molecule has 0 aliphatic carbocycles. The van der Waals surface area contributed by atoms with Crippen molar-refractivity contribution in [3.8, 4) is 0 Å². The second kappa shape index (κ2) is 16.6. The number of rotatable bonds is 18. The lowest BCUT2D eigenvalue weighted by Crippen LogP contribution is -2.29. The maximum absolute atomic E-state index is 11.1. The highest BCUT2D eigenvalue weighted by Crippen LogP contribution is 2.20. The van der Waals surface area contributed by atoms with Crippen molar-refractivity contribution in [3.05, 3.63) is 11.8 Å². The molecular weight excluding hydrogens is 336 g/mol. The van der Waals surface area contributed by atoms with Crippen LogP contribution in [-0.2, 0) is 9.22 Å². The van der Waals surface area contributed by atoms with Gasteiger partial charge in [0, 0.05) is 6.08 Å². The molecular formula is C23H46O2Si. The molecule has 0 bridgehead atoms. The normalized spacial score (nSPS) is 12.4. The summed E-state index contributed by atoms with van der Waals surface area (Å²) < 4.78 is 6.04. The molecule has 0 aromatic carbocycles. The molecule has 0 aliphatic heterocycles. The van der Waals surface area contributed by atoms with Gasteiger partial charge >= 0.3 is 0 Å². The van der Waals surface area contributed by atoms with Gasteiger partial charge in [0.2, 0.25) is 8.32 Å². The van der Waals surface area contributed by atoms with Crippen molar-refractivity contribution >= 4 is 14.1 Å². The van der Waals surface area contributed by atoms with E-state index in [0.717, 1.165) is 5.76 Å². The minimum atomic E-state index is -1.66. The smallest absolute Gasteiger partial charge is 0.244 e. The third-order valence-corrected chi connectivity index (χ3v) is 7.41. The number of hydrogen-bond donors (Lipinski definition) is 0. The zero-order chi connectivity index (χ0) is 19.7. The highest BCUT2D eigenvalue weighted by atomic mass is 28.4. The molecule has 154 valence electrons. The molecule has 0 saturated carbocycles. The number of carbonyl (C=O) groups is 1. The van der Waals surface area contributed by atoms with Gasteiger partial charge in [-0.3, -0.25) is 4.79 Å². The first-order valence-electron chi connectivity index (χ1n) is 11.3. The highest BCUT2D eigenvalue weighted by molar-refractivity contribution is 6.71. The van der Waals surface area contributed by atoms with Crippen LogP contribution in [0.2, 0.25) is 19.1 Å². The minimum Gasteiger partial charge on any atom is -0.547 e. The monoisotopic (exact) mass is 382 g/mol. The van der Waals surface area contributed by atoms with Crippen LogP contribution in [0.5, 0.6) is 0 Å². The standard InChI is InChI=1S/C23H46O2Si/c1-6-7-8-9-10-11-12-13-14-15-16-17-18-19-20-26(4,5)25-23(3)21-22(2)24/h21H,6-20H2,1-5H3/b23-21-. The number of unbranched alkanes of at least 4 members (excludes halogenated alkanes) is 13. The van der Waals surface area contributed by atoms with Crippen molar-refractivity contribution < 1.29 is 9.22 Å². The van der Waals surface area contributed by atoms with Crippen LogP contribution in [0.1, 0.15) is 111 Å². The average molecular weight is 383 g/mol. The SMILES string of the molecule is CCCCCCCCCCCCCCCC[Si](C)(C)O/C(C)=C\C(C)=O. The Labute approximate surface area is 165 Å². The van der Waals surface area contributed by atoms with Crippen molar-refractivity contribution in [1.29, 1.82) is 0 Å². The van der Waals surface area contributed by atoms with Crippen molar-refractivity contribution in [2.45, 2.75) is 130 Å². The van der Waals surface area contributed by atoms with Crippen LogP contribution in [-0.4, -0.2) is 14.1 Å². The molecule has 2 nitrogen and oxygen atoms in total. The van der Waals surface area contributed by atoms with E-state index in [1.54, 1.807) is 13.0 Å². The molecule has 0 spiro atoms. The fourth-order valence-electron chi connectivity index (χ4n) is 3.55. The Hall–Kier alpha value is -0.573. The third kappa shape index (κ3) is 18.2. The predicted octanol–water partition coefficient (Wildman–Crippen LogP) is 8.18. The quantitative estimate of drug-likeness (QED) is 0.103. The van der Waals surface area contributed by atoms with Gasteiger partial charge in [-0.1, -0.05) is 96.8 Å². The topological polar surface area (TPSA) is 26.3 Å². The van der Waals surface area contributed by atoms with Gasteiger partial charge < -0.3 is 4.43 Å². The summed E-state index contributed by atoms with van der Waals surface area (Å²) in [5.41, 5.74) is 0. The summed E-state index contributed by atoms with van der Waals surface area (Å²) in [5, 5.41) is 0. The molecule has 0 atom stereocenters. The highest BCUT2D eigenvalue weighted by Gasteiger charge is 2.23. The summed E-state index contributed by atoms with van der Waals surface area (Å²) in [7, 11) is -1.66. The van der Waals surface area contributed by atoms with Crippen LogP contribution < -0.4 is 0 Å². The van der Waals surface area contributed by atoms with Crippen LogP contribution in [0.25, 0.3) is 0 Å². The fourth-order valence-corrected chi connectivity index (χ4v) is 5.68. The van der Waals surface area contributed by atoms with Crippen molar-refractivity contribution in [3.63, 3.8) is 0 Å². The largest absolute Gasteiger partial charge is 0.547 e. The second-order valence-corrected chi connectivity index (χ2v) is 12.8. The molecule has 0 aromatic rings. The van der Waals surface area contributed by atoms with Crippen LogP contribution in [0.15, 0.2) is 11.8 Å². The lowest BCUT2D eigenvalue weighted by atomic mass is 10.0. The molecule has 0 aromatic heterocycles. The second-order valence-electron chi connectivity index (χ2n) is 8.57. The Kier molecular flexibility index (Phi) is 16.2. The van der Waals surface area contributed by atoms with E-state index in [1.807, 2.05) is 6.92 Å². The molecule has 0 saturated heterocycles. The van der Waals surface area contributed by atoms with Crippen LogP contribution in [0.3, 0.4) is 0 Å². The molecule has 3 heteroatoms. The van der Waals surface area contributed by atoms with E-state index in [4.69, 9.17) is 4.43 Å². The summed E-state index contributed by atoms with van der Waals surface area (Å²) in [6.07, 6.45) is 21.2. The lowest BCUT2D eigenvalue weighted by molar-refractivity contribution is -0.112. The minimum absolute atomic E-state index is 0.0730. The van der Waals surface area contributed by atoms with E-state index in [2.05, 4.69) is 20.0 Å². The van der Waals surface area contributed by atoms with Gasteiger partial charge in [-0.2, -0.15) is 0 Å². The predicted molar refractivity (Wildman–Crippen MR) is 118 cm³/mol. The summed E-state index contributed by atoms with van der Waals surface area (Å²) >= 11 is 0. The molecule has 0 fully saturated rings. The Morgan fingerprint density at radius 2 is 1.12 bits per heavy atom. The molecule has 0 unspecified atom stereocenters. The molecule has 0 radical (unpaired) electrons. The van der Waals surface area contributed by atoms with E-state index in [0.29, 0.717) is 0 Å². The number of allylic oxidation sites excluding steroid dienone is 2.